The van der Waals surface area contributed by atoms with E-state index in [0.717, 1.165) is 17.5 Å². The van der Waals surface area contributed by atoms with Crippen LogP contribution in [0.5, 0.6) is 0 Å². The zero-order valence-corrected chi connectivity index (χ0v) is 11.8. The number of hydrogen-bond acceptors (Lipinski definition) is 3. The molecule has 1 aromatic carbocycles. The lowest BCUT2D eigenvalue weighted by Gasteiger charge is -2.27. The van der Waals surface area contributed by atoms with Gasteiger partial charge in [0.2, 0.25) is 0 Å². The Morgan fingerprint density at radius 1 is 1.29 bits per heavy atom. The third kappa shape index (κ3) is 3.25. The van der Waals surface area contributed by atoms with E-state index in [1.807, 2.05) is 11.8 Å². The molecule has 0 saturated carbocycles. The van der Waals surface area contributed by atoms with Gasteiger partial charge in [-0.15, -0.1) is 0 Å². The quantitative estimate of drug-likeness (QED) is 0.816. The molecule has 0 aliphatic carbocycles. The maximum Gasteiger partial charge on any atom is 0.161 e. The lowest BCUT2D eigenvalue weighted by Crippen LogP contribution is -2.27. The van der Waals surface area contributed by atoms with Gasteiger partial charge in [-0.1, -0.05) is 37.7 Å². The van der Waals surface area contributed by atoms with Crippen LogP contribution in [0.25, 0.3) is 0 Å². The first-order valence-electron chi connectivity index (χ1n) is 5.98. The highest BCUT2D eigenvalue weighted by atomic mass is 32.2. The van der Waals surface area contributed by atoms with Crippen molar-refractivity contribution in [2.24, 2.45) is 10.4 Å². The van der Waals surface area contributed by atoms with Crippen LogP contribution in [0.4, 0.5) is 5.69 Å². The third-order valence-corrected chi connectivity index (χ3v) is 4.32. The van der Waals surface area contributed by atoms with Gasteiger partial charge in [-0.2, -0.15) is 0 Å². The van der Waals surface area contributed by atoms with Gasteiger partial charge in [-0.3, -0.25) is 4.99 Å². The maximum absolute atomic E-state index is 4.62. The fourth-order valence-corrected chi connectivity index (χ4v) is 2.66. The number of aryl methyl sites for hydroxylation is 2. The van der Waals surface area contributed by atoms with E-state index in [1.165, 1.54) is 16.8 Å². The van der Waals surface area contributed by atoms with Crippen molar-refractivity contribution < 1.29 is 0 Å². The molecule has 0 fully saturated rings. The minimum Gasteiger partial charge on any atom is -0.335 e. The number of nitrogens with zero attached hydrogens (tertiary/aromatic N) is 1. The van der Waals surface area contributed by atoms with Crippen molar-refractivity contribution in [2.45, 2.75) is 27.7 Å². The Balaban J connectivity index is 2.12. The Hall–Kier alpha value is -0.960. The van der Waals surface area contributed by atoms with E-state index in [4.69, 9.17) is 0 Å². The van der Waals surface area contributed by atoms with Gasteiger partial charge in [0.05, 0.1) is 0 Å². The fraction of sp³-hybridized carbons (Fsp3) is 0.500. The van der Waals surface area contributed by atoms with Crippen LogP contribution in [0, 0.1) is 19.3 Å². The summed E-state index contributed by atoms with van der Waals surface area (Å²) in [7, 11) is 0. The molecule has 0 spiro atoms. The van der Waals surface area contributed by atoms with E-state index in [0.29, 0.717) is 5.41 Å². The zero-order chi connectivity index (χ0) is 12.5. The summed E-state index contributed by atoms with van der Waals surface area (Å²) < 4.78 is 0. The van der Waals surface area contributed by atoms with Crippen LogP contribution in [0.3, 0.4) is 0 Å². The lowest BCUT2D eigenvalue weighted by atomic mass is 9.97. The van der Waals surface area contributed by atoms with E-state index in [1.54, 1.807) is 0 Å². The third-order valence-electron chi connectivity index (χ3n) is 2.88. The van der Waals surface area contributed by atoms with E-state index in [9.17, 15) is 0 Å². The van der Waals surface area contributed by atoms with E-state index >= 15 is 0 Å². The predicted octanol–water partition coefficient (Wildman–Crippen LogP) is 3.84. The van der Waals surface area contributed by atoms with Gasteiger partial charge in [0, 0.05) is 18.0 Å². The highest BCUT2D eigenvalue weighted by Crippen LogP contribution is 2.29. The van der Waals surface area contributed by atoms with Crippen molar-refractivity contribution in [1.82, 2.24) is 0 Å². The van der Waals surface area contributed by atoms with Gasteiger partial charge < -0.3 is 5.32 Å². The van der Waals surface area contributed by atoms with E-state index in [-0.39, 0.29) is 0 Å². The molecule has 0 aromatic heterocycles. The normalized spacial score (nSPS) is 18.7. The van der Waals surface area contributed by atoms with Crippen LogP contribution in [-0.4, -0.2) is 17.5 Å². The monoisotopic (exact) mass is 248 g/mol. The number of benzene rings is 1. The molecule has 0 unspecified atom stereocenters. The van der Waals surface area contributed by atoms with Crippen molar-refractivity contribution in [3.63, 3.8) is 0 Å². The van der Waals surface area contributed by atoms with Gasteiger partial charge in [0.1, 0.15) is 0 Å². The highest BCUT2D eigenvalue weighted by Gasteiger charge is 2.23. The van der Waals surface area contributed by atoms with Crippen molar-refractivity contribution in [3.05, 3.63) is 29.3 Å². The predicted molar refractivity (Wildman–Crippen MR) is 78.1 cm³/mol. The molecule has 1 aromatic rings. The average molecular weight is 248 g/mol. The summed E-state index contributed by atoms with van der Waals surface area (Å²) in [6.45, 7) is 9.67. The van der Waals surface area contributed by atoms with Crippen LogP contribution in [0.2, 0.25) is 0 Å². The first-order chi connectivity index (χ1) is 7.96. The Morgan fingerprint density at radius 3 is 2.71 bits per heavy atom. The van der Waals surface area contributed by atoms with Gasteiger partial charge in [-0.25, -0.2) is 0 Å². The van der Waals surface area contributed by atoms with Crippen molar-refractivity contribution in [3.8, 4) is 0 Å². The minimum atomic E-state index is 0.331. The summed E-state index contributed by atoms with van der Waals surface area (Å²) in [6.07, 6.45) is 0. The van der Waals surface area contributed by atoms with Gasteiger partial charge >= 0.3 is 0 Å². The second-order valence-electron chi connectivity index (χ2n) is 5.52. The molecule has 1 N–H and O–H groups in total. The molecule has 17 heavy (non-hydrogen) atoms. The van der Waals surface area contributed by atoms with Crippen LogP contribution >= 0.6 is 11.8 Å². The number of amidine groups is 1. The zero-order valence-electron chi connectivity index (χ0n) is 11.0. The molecule has 2 rings (SSSR count). The van der Waals surface area contributed by atoms with Gasteiger partial charge in [-0.05, 0) is 36.5 Å². The maximum atomic E-state index is 4.62. The molecule has 0 amide bonds. The number of hydrogen-bond donors (Lipinski definition) is 1. The number of anilines is 1. The van der Waals surface area contributed by atoms with E-state index in [2.05, 4.69) is 56.2 Å². The molecule has 1 aliphatic rings. The molecule has 0 radical (unpaired) electrons. The minimum absolute atomic E-state index is 0.331. The SMILES string of the molecule is Cc1ccc(C)c(NC2=NCC(C)(C)CS2)c1. The average Bonchev–Trinajstić information content (AvgIpc) is 2.26. The summed E-state index contributed by atoms with van der Waals surface area (Å²) in [4.78, 5) is 4.62. The van der Waals surface area contributed by atoms with Crippen molar-refractivity contribution in [1.29, 1.82) is 0 Å². The number of aliphatic imine (C=N–C) groups is 1. The molecule has 1 aliphatic heterocycles. The molecule has 3 heteroatoms. The highest BCUT2D eigenvalue weighted by molar-refractivity contribution is 8.14. The molecular weight excluding hydrogens is 228 g/mol. The van der Waals surface area contributed by atoms with Crippen LogP contribution in [0.1, 0.15) is 25.0 Å². The molecule has 0 bridgehead atoms. The van der Waals surface area contributed by atoms with Crippen molar-refractivity contribution in [2.75, 3.05) is 17.6 Å². The van der Waals surface area contributed by atoms with Crippen LogP contribution in [0.15, 0.2) is 23.2 Å². The first-order valence-corrected chi connectivity index (χ1v) is 6.96. The smallest absolute Gasteiger partial charge is 0.161 e. The summed E-state index contributed by atoms with van der Waals surface area (Å²) in [6, 6.07) is 6.47. The first kappa shape index (κ1) is 12.5. The number of nitrogens with one attached hydrogen (secondary N) is 1. The topological polar surface area (TPSA) is 24.4 Å². The van der Waals surface area contributed by atoms with E-state index < -0.39 is 0 Å². The molecule has 92 valence electrons. The largest absolute Gasteiger partial charge is 0.335 e. The number of thioether (sulfide) groups is 1. The Kier molecular flexibility index (Phi) is 3.48. The lowest BCUT2D eigenvalue weighted by molar-refractivity contribution is 0.438. The summed E-state index contributed by atoms with van der Waals surface area (Å²) in [5.41, 5.74) is 4.05. The summed E-state index contributed by atoms with van der Waals surface area (Å²) in [5.74, 6) is 1.13. The molecule has 0 saturated heterocycles. The number of rotatable bonds is 1. The summed E-state index contributed by atoms with van der Waals surface area (Å²) >= 11 is 1.82. The molecular formula is C14H20N2S. The van der Waals surface area contributed by atoms with Crippen LogP contribution in [-0.2, 0) is 0 Å². The Morgan fingerprint density at radius 2 is 2.06 bits per heavy atom. The molecule has 2 nitrogen and oxygen atoms in total. The summed E-state index contributed by atoms with van der Waals surface area (Å²) in [5, 5.41) is 4.49. The van der Waals surface area contributed by atoms with Crippen molar-refractivity contribution >= 4 is 22.6 Å². The van der Waals surface area contributed by atoms with Gasteiger partial charge in [0.15, 0.2) is 5.17 Å². The van der Waals surface area contributed by atoms with Crippen LogP contribution < -0.4 is 5.32 Å². The standard InChI is InChI=1S/C14H20N2S/c1-10-5-6-11(2)12(7-10)16-13-15-8-14(3,4)9-17-13/h5-7H,8-9H2,1-4H3,(H,15,16). The Labute approximate surface area is 108 Å². The second kappa shape index (κ2) is 4.73. The Bertz CT molecular complexity index is 450. The second-order valence-corrected chi connectivity index (χ2v) is 6.48. The fourth-order valence-electron chi connectivity index (χ4n) is 1.70. The molecule has 0 atom stereocenters. The molecule has 1 heterocycles. The van der Waals surface area contributed by atoms with Gasteiger partial charge in [0.25, 0.3) is 0 Å².